The molecule has 0 unspecified atom stereocenters. The molecule has 98 heavy (non-hydrogen) atoms. The van der Waals surface area contributed by atoms with Gasteiger partial charge in [-0.1, -0.05) is 230 Å². The van der Waals surface area contributed by atoms with Gasteiger partial charge in [0.2, 0.25) is 0 Å². The third-order valence-electron chi connectivity index (χ3n) is 14.4. The zero-order valence-electron chi connectivity index (χ0n) is 64.0. The van der Waals surface area contributed by atoms with Gasteiger partial charge in [-0.3, -0.25) is 19.2 Å². The zero-order chi connectivity index (χ0) is 76.0. The van der Waals surface area contributed by atoms with E-state index in [0.29, 0.717) is 52.8 Å². The number of carbonyl (C=O) groups is 4. The number of sulfone groups is 4. The fourth-order valence-corrected chi connectivity index (χ4v) is 11.7. The van der Waals surface area contributed by atoms with Crippen molar-refractivity contribution in [1.29, 1.82) is 0 Å². The Kier molecular flexibility index (Phi) is 51.8. The van der Waals surface area contributed by atoms with E-state index in [1.165, 1.54) is 0 Å². The second kappa shape index (κ2) is 52.5. The predicted molar refractivity (Wildman–Crippen MR) is 411 cm³/mol. The predicted octanol–water partition coefficient (Wildman–Crippen LogP) is 17.7. The van der Waals surface area contributed by atoms with Crippen LogP contribution in [0.15, 0.2) is 157 Å². The molecule has 0 bridgehead atoms. The van der Waals surface area contributed by atoms with Gasteiger partial charge in [0.15, 0.2) is 45.1 Å². The molecule has 2 saturated carbocycles. The minimum absolute atomic E-state index is 0.0116. The van der Waals surface area contributed by atoms with Gasteiger partial charge in [0.05, 0.1) is 36.9 Å². The van der Waals surface area contributed by atoms with E-state index in [2.05, 4.69) is 27.7 Å². The average molecular weight is 1440 g/mol. The van der Waals surface area contributed by atoms with Gasteiger partial charge >= 0.3 is 0 Å². The molecule has 2 fully saturated rings. The van der Waals surface area contributed by atoms with Crippen molar-refractivity contribution >= 4 is 62.5 Å². The molecule has 0 aromatic heterocycles. The summed E-state index contributed by atoms with van der Waals surface area (Å²) in [7, 11) is -9.75. The number of hydrogen-bond acceptors (Lipinski definition) is 14. The largest absolute Gasteiger partial charge is 0.384 e. The first-order chi connectivity index (χ1) is 45.5. The summed E-state index contributed by atoms with van der Waals surface area (Å²) in [5.41, 5.74) is 3.88. The molecule has 0 saturated heterocycles. The summed E-state index contributed by atoms with van der Waals surface area (Å²) in [4.78, 5) is 45.3. The molecule has 0 atom stereocenters. The summed E-state index contributed by atoms with van der Waals surface area (Å²) in [6.07, 6.45) is 5.21. The molecule has 14 nitrogen and oxygen atoms in total. The van der Waals surface area contributed by atoms with Crippen LogP contribution in [0.1, 0.15) is 205 Å². The molecule has 5 aromatic carbocycles. The first-order valence-electron chi connectivity index (χ1n) is 34.8. The van der Waals surface area contributed by atoms with Crippen LogP contribution >= 0.6 is 0 Å². The maximum Gasteiger partial charge on any atom is 0.180 e. The minimum Gasteiger partial charge on any atom is -0.384 e. The molecule has 18 heteroatoms. The lowest BCUT2D eigenvalue weighted by molar-refractivity contribution is -0.123. The Balaban J connectivity index is -0.00000103. The normalized spacial score (nSPS) is 12.5. The molecule has 0 heterocycles. The summed E-state index contributed by atoms with van der Waals surface area (Å²) >= 11 is 0. The highest BCUT2D eigenvalue weighted by molar-refractivity contribution is 7.93. The Morgan fingerprint density at radius 3 is 0.980 bits per heavy atom. The molecular formula is C80H128O14S4. The summed E-state index contributed by atoms with van der Waals surface area (Å²) in [5, 5.41) is -1.03. The maximum atomic E-state index is 11.5. The lowest BCUT2D eigenvalue weighted by atomic mass is 10.0. The minimum atomic E-state index is -3.08. The number of Topliss-reactive ketones (excluding diaryl/α,β-unsaturated/α-hetero) is 4. The van der Waals surface area contributed by atoms with Gasteiger partial charge in [-0.15, -0.1) is 0 Å². The number of rotatable bonds is 24. The molecule has 2 aliphatic carbocycles. The molecule has 0 radical (unpaired) electrons. The van der Waals surface area contributed by atoms with Gasteiger partial charge in [-0.05, 0) is 129 Å². The van der Waals surface area contributed by atoms with Gasteiger partial charge in [-0.25, -0.2) is 33.7 Å². The van der Waals surface area contributed by atoms with Gasteiger partial charge < -0.3 is 9.47 Å². The number of methoxy groups -OCH3 is 1. The van der Waals surface area contributed by atoms with Crippen LogP contribution in [-0.4, -0.2) is 116 Å². The van der Waals surface area contributed by atoms with Crippen LogP contribution < -0.4 is 0 Å². The van der Waals surface area contributed by atoms with E-state index in [-0.39, 0.29) is 67.2 Å². The number of carbonyl (C=O) groups excluding carboxylic acids is 4. The summed E-state index contributed by atoms with van der Waals surface area (Å²) in [5.74, 6) is 4.15. The molecule has 7 rings (SSSR count). The summed E-state index contributed by atoms with van der Waals surface area (Å²) in [6.45, 7) is 44.0. The summed E-state index contributed by atoms with van der Waals surface area (Å²) < 4.78 is 99.5. The van der Waals surface area contributed by atoms with Crippen molar-refractivity contribution in [3.8, 4) is 0 Å². The maximum absolute atomic E-state index is 11.5. The quantitative estimate of drug-likeness (QED) is 0.0524. The smallest absolute Gasteiger partial charge is 0.180 e. The van der Waals surface area contributed by atoms with E-state index < -0.39 is 39.3 Å². The highest BCUT2D eigenvalue weighted by Crippen LogP contribution is 2.32. The van der Waals surface area contributed by atoms with E-state index in [1.807, 2.05) is 184 Å². The van der Waals surface area contributed by atoms with Crippen LogP contribution in [0.4, 0.5) is 0 Å². The molecular weight excluding hydrogens is 1310 g/mol. The number of hydrogen-bond donors (Lipinski definition) is 0. The van der Waals surface area contributed by atoms with Crippen LogP contribution in [0.3, 0.4) is 0 Å². The third-order valence-corrected chi connectivity index (χ3v) is 23.7. The lowest BCUT2D eigenvalue weighted by Crippen LogP contribution is -2.18. The molecule has 556 valence electrons. The van der Waals surface area contributed by atoms with E-state index in [0.717, 1.165) is 67.8 Å². The van der Waals surface area contributed by atoms with Gasteiger partial charge in [0.1, 0.15) is 17.3 Å². The number of ketones is 4. The standard InChI is InChI=1S/2C11H14O.C10H14O2S.C10H12O.C9H12O2S.C7H12O.C6H12O2S.C6H14O.C5H12O2S.C5H12O/c2*1-9(2)11(12)8-10-6-4-3-5-7-10;1-9(2)13(11,12)8-10-6-4-3-5-7-10;1-8(2)10(11)9-6-4-3-5-7-9;1-8(2)12(10,11)9-6-4-3-5-7-9;1-5(2)7(8)6-3-4-6;1-5(2)9(7,8)6-3-4-6;1-4-7-5-6(2)3;1-4-8(6,7)5(2)3;1-5(2)4-6-3/h2*3-7,9H,8H2,1-2H3;3-7,9H,8H2,1-2H3;3-8H,1-2H3;3-8H,1-2H3;5-6H,3-4H2,1-2H3;5-6H,3-4H2,1-2H3;6H,4-5H2,1-3H3;5H,4H2,1-3H3;5H,4H2,1-3H3. The van der Waals surface area contributed by atoms with Crippen LogP contribution in [0.5, 0.6) is 0 Å². The van der Waals surface area contributed by atoms with E-state index in [1.54, 1.807) is 99.8 Å². The first kappa shape index (κ1) is 96.7. The highest BCUT2D eigenvalue weighted by atomic mass is 32.2. The topological polar surface area (TPSA) is 223 Å². The van der Waals surface area contributed by atoms with Crippen molar-refractivity contribution in [3.63, 3.8) is 0 Å². The highest BCUT2D eigenvalue weighted by Gasteiger charge is 2.37. The van der Waals surface area contributed by atoms with Crippen molar-refractivity contribution < 1.29 is 62.3 Å². The average Bonchev–Trinajstić information content (AvgIpc) is 1.62. The summed E-state index contributed by atoms with van der Waals surface area (Å²) in [6, 6.07) is 46.9. The Morgan fingerprint density at radius 2 is 0.765 bits per heavy atom. The van der Waals surface area contributed by atoms with Gasteiger partial charge in [0, 0.05) is 80.7 Å². The monoisotopic (exact) mass is 1440 g/mol. The Labute approximate surface area is 596 Å². The van der Waals surface area contributed by atoms with Crippen molar-refractivity contribution in [2.45, 2.75) is 228 Å². The molecule has 0 N–H and O–H groups in total. The zero-order valence-corrected chi connectivity index (χ0v) is 67.3. The molecule has 5 aromatic rings. The first-order valence-corrected chi connectivity index (χ1v) is 41.4. The van der Waals surface area contributed by atoms with E-state index in [4.69, 9.17) is 9.47 Å². The van der Waals surface area contributed by atoms with Crippen LogP contribution in [0.25, 0.3) is 0 Å². The third kappa shape index (κ3) is 47.5. The van der Waals surface area contributed by atoms with Crippen molar-refractivity contribution in [1.82, 2.24) is 0 Å². The van der Waals surface area contributed by atoms with Crippen molar-refractivity contribution in [2.75, 3.05) is 32.7 Å². The Bertz CT molecular complexity index is 3270. The Morgan fingerprint density at radius 1 is 0.408 bits per heavy atom. The SMILES string of the molecule is CC(C)C(=O)C1CC1.CC(C)C(=O)Cc1ccccc1.CC(C)C(=O)Cc1ccccc1.CC(C)C(=O)c1ccccc1.CC(C)S(=O)(=O)C1CC1.CC(C)S(=O)(=O)Cc1ccccc1.CC(C)S(=O)(=O)c1ccccc1.CCOCC(C)C.CCS(=O)(=O)C(C)C.COCC(C)C. The second-order valence-electron chi connectivity index (χ2n) is 27.3. The number of benzene rings is 5. The van der Waals surface area contributed by atoms with Crippen molar-refractivity contribution in [2.24, 2.45) is 41.4 Å². The van der Waals surface area contributed by atoms with Gasteiger partial charge in [0.25, 0.3) is 0 Å². The van der Waals surface area contributed by atoms with Crippen LogP contribution in [0, 0.1) is 41.4 Å². The Hall–Kier alpha value is -5.50. The van der Waals surface area contributed by atoms with Gasteiger partial charge in [-0.2, -0.15) is 0 Å². The molecule has 0 spiro atoms. The van der Waals surface area contributed by atoms with Crippen LogP contribution in [0.2, 0.25) is 0 Å². The van der Waals surface area contributed by atoms with E-state index >= 15 is 0 Å². The molecule has 2 aliphatic rings. The molecule has 0 amide bonds. The van der Waals surface area contributed by atoms with Crippen LogP contribution in [-0.2, 0) is 81.8 Å². The molecule has 0 aliphatic heterocycles. The fourth-order valence-electron chi connectivity index (χ4n) is 7.43. The second-order valence-corrected chi connectivity index (χ2v) is 38.0. The number of ether oxygens (including phenoxy) is 2. The van der Waals surface area contributed by atoms with Crippen molar-refractivity contribution in [3.05, 3.63) is 174 Å². The van der Waals surface area contributed by atoms with E-state index in [9.17, 15) is 52.8 Å². The lowest BCUT2D eigenvalue weighted by Gasteiger charge is -2.06. The fraction of sp³-hybridized carbons (Fsp3) is 0.575.